The molecule has 172 valence electrons. The van der Waals surface area contributed by atoms with E-state index in [0.717, 1.165) is 50.1 Å². The first-order valence-corrected chi connectivity index (χ1v) is 11.6. The number of anilines is 1. The summed E-state index contributed by atoms with van der Waals surface area (Å²) >= 11 is 0. The normalized spacial score (nSPS) is 20.1. The lowest BCUT2D eigenvalue weighted by Crippen LogP contribution is -2.52. The number of hydrogen-bond donors (Lipinski definition) is 0. The van der Waals surface area contributed by atoms with Crippen LogP contribution >= 0.6 is 0 Å². The van der Waals surface area contributed by atoms with Gasteiger partial charge in [0.1, 0.15) is 5.75 Å². The summed E-state index contributed by atoms with van der Waals surface area (Å²) in [6, 6.07) is 13.0. The number of fused-ring (bicyclic) bond motifs is 2. The second-order valence-corrected chi connectivity index (χ2v) is 8.50. The first-order chi connectivity index (χ1) is 16.2. The van der Waals surface area contributed by atoms with Gasteiger partial charge in [-0.05, 0) is 55.2 Å². The SMILES string of the molecule is O=C(C1CN(C(=O)C=Cc2ccc3c(c2)OCCCO3)c2ccccc2O1)N1CCCCC1. The molecular weight excluding hydrogens is 420 g/mol. The molecule has 3 aliphatic rings. The monoisotopic (exact) mass is 448 g/mol. The number of piperidine rings is 1. The van der Waals surface area contributed by atoms with Gasteiger partial charge in [-0.2, -0.15) is 0 Å². The molecule has 2 amide bonds. The third-order valence-corrected chi connectivity index (χ3v) is 6.17. The van der Waals surface area contributed by atoms with Crippen molar-refractivity contribution in [3.8, 4) is 17.2 Å². The van der Waals surface area contributed by atoms with Crippen LogP contribution in [0.3, 0.4) is 0 Å². The van der Waals surface area contributed by atoms with E-state index in [1.54, 1.807) is 17.0 Å². The molecule has 0 saturated carbocycles. The number of para-hydroxylation sites is 2. The third-order valence-electron chi connectivity index (χ3n) is 6.17. The predicted molar refractivity (Wildman–Crippen MR) is 125 cm³/mol. The van der Waals surface area contributed by atoms with Crippen LogP contribution in [-0.4, -0.2) is 55.7 Å². The molecule has 0 bridgehead atoms. The zero-order valence-electron chi connectivity index (χ0n) is 18.6. The van der Waals surface area contributed by atoms with Crippen LogP contribution in [0, 0.1) is 0 Å². The maximum absolute atomic E-state index is 13.2. The summed E-state index contributed by atoms with van der Waals surface area (Å²) in [6.07, 6.45) is 6.60. The molecule has 3 aliphatic heterocycles. The highest BCUT2D eigenvalue weighted by Crippen LogP contribution is 2.34. The van der Waals surface area contributed by atoms with Crippen LogP contribution in [0.15, 0.2) is 48.5 Å². The molecule has 0 aromatic heterocycles. The fourth-order valence-corrected chi connectivity index (χ4v) is 4.43. The zero-order chi connectivity index (χ0) is 22.6. The molecule has 1 unspecified atom stereocenters. The summed E-state index contributed by atoms with van der Waals surface area (Å²) in [6.45, 7) is 2.93. The highest BCUT2D eigenvalue weighted by Gasteiger charge is 2.35. The van der Waals surface area contributed by atoms with E-state index in [1.165, 1.54) is 6.08 Å². The van der Waals surface area contributed by atoms with Gasteiger partial charge in [0.2, 0.25) is 0 Å². The van der Waals surface area contributed by atoms with Crippen molar-refractivity contribution in [1.82, 2.24) is 4.90 Å². The number of amides is 2. The van der Waals surface area contributed by atoms with Crippen molar-refractivity contribution in [1.29, 1.82) is 0 Å². The maximum atomic E-state index is 13.2. The number of carbonyl (C=O) groups is 2. The molecule has 0 aliphatic carbocycles. The van der Waals surface area contributed by atoms with Crippen molar-refractivity contribution < 1.29 is 23.8 Å². The van der Waals surface area contributed by atoms with E-state index in [4.69, 9.17) is 14.2 Å². The van der Waals surface area contributed by atoms with Gasteiger partial charge in [0.25, 0.3) is 11.8 Å². The van der Waals surface area contributed by atoms with Crippen molar-refractivity contribution in [3.05, 3.63) is 54.1 Å². The number of carbonyl (C=O) groups excluding carboxylic acids is 2. The minimum atomic E-state index is -0.701. The highest BCUT2D eigenvalue weighted by atomic mass is 16.5. The van der Waals surface area contributed by atoms with Crippen LogP contribution < -0.4 is 19.1 Å². The Morgan fingerprint density at radius 2 is 1.67 bits per heavy atom. The highest BCUT2D eigenvalue weighted by molar-refractivity contribution is 6.05. The first-order valence-electron chi connectivity index (χ1n) is 11.6. The lowest BCUT2D eigenvalue weighted by Gasteiger charge is -2.37. The average Bonchev–Trinajstić information content (AvgIpc) is 3.11. The fourth-order valence-electron chi connectivity index (χ4n) is 4.43. The Morgan fingerprint density at radius 1 is 0.879 bits per heavy atom. The molecule has 1 saturated heterocycles. The lowest BCUT2D eigenvalue weighted by molar-refractivity contribution is -0.139. The molecule has 1 fully saturated rings. The molecule has 1 atom stereocenters. The number of rotatable bonds is 3. The summed E-state index contributed by atoms with van der Waals surface area (Å²) in [7, 11) is 0. The van der Waals surface area contributed by atoms with Crippen LogP contribution in [0.1, 0.15) is 31.2 Å². The van der Waals surface area contributed by atoms with Gasteiger partial charge in [-0.15, -0.1) is 0 Å². The molecule has 7 heteroatoms. The van der Waals surface area contributed by atoms with E-state index in [0.29, 0.717) is 30.4 Å². The predicted octanol–water partition coefficient (Wildman–Crippen LogP) is 3.67. The van der Waals surface area contributed by atoms with Gasteiger partial charge in [0, 0.05) is 25.6 Å². The summed E-state index contributed by atoms with van der Waals surface area (Å²) in [5.41, 5.74) is 1.52. The Labute approximate surface area is 193 Å². The van der Waals surface area contributed by atoms with Gasteiger partial charge in [0.05, 0.1) is 25.4 Å². The molecular formula is C26H28N2O5. The molecule has 0 N–H and O–H groups in total. The van der Waals surface area contributed by atoms with Crippen LogP contribution in [0.25, 0.3) is 6.08 Å². The molecule has 33 heavy (non-hydrogen) atoms. The average molecular weight is 449 g/mol. The summed E-state index contributed by atoms with van der Waals surface area (Å²) in [5.74, 6) is 1.71. The van der Waals surface area contributed by atoms with Crippen LogP contribution in [0.5, 0.6) is 17.2 Å². The van der Waals surface area contributed by atoms with Crippen molar-refractivity contribution in [3.63, 3.8) is 0 Å². The zero-order valence-corrected chi connectivity index (χ0v) is 18.6. The third kappa shape index (κ3) is 4.67. The summed E-state index contributed by atoms with van der Waals surface area (Å²) in [4.78, 5) is 29.8. The number of nitrogens with zero attached hydrogens (tertiary/aromatic N) is 2. The quantitative estimate of drug-likeness (QED) is 0.671. The van der Waals surface area contributed by atoms with Crippen LogP contribution in [0.4, 0.5) is 5.69 Å². The molecule has 5 rings (SSSR count). The van der Waals surface area contributed by atoms with Crippen molar-refractivity contribution in [2.45, 2.75) is 31.8 Å². The summed E-state index contributed by atoms with van der Waals surface area (Å²) in [5, 5.41) is 0. The Bertz CT molecular complexity index is 1060. The number of benzene rings is 2. The summed E-state index contributed by atoms with van der Waals surface area (Å²) < 4.78 is 17.4. The van der Waals surface area contributed by atoms with Gasteiger partial charge in [-0.3, -0.25) is 9.59 Å². The topological polar surface area (TPSA) is 68.3 Å². The van der Waals surface area contributed by atoms with Gasteiger partial charge in [0.15, 0.2) is 17.6 Å². The fraction of sp³-hybridized carbons (Fsp3) is 0.385. The Hall–Kier alpha value is -3.48. The standard InChI is InChI=1S/C26H28N2O5/c29-25(12-10-19-9-11-22-23(17-19)32-16-6-15-31-22)28-18-24(26(30)27-13-4-1-5-14-27)33-21-8-3-2-7-20(21)28/h2-3,7-12,17,24H,1,4-6,13-16,18H2. The van der Waals surface area contributed by atoms with Crippen LogP contribution in [0.2, 0.25) is 0 Å². The lowest BCUT2D eigenvalue weighted by atomic mass is 10.1. The number of ether oxygens (including phenoxy) is 3. The smallest absolute Gasteiger partial charge is 0.265 e. The van der Waals surface area contributed by atoms with E-state index in [9.17, 15) is 9.59 Å². The molecule has 0 spiro atoms. The van der Waals surface area contributed by atoms with E-state index in [2.05, 4.69) is 0 Å². The van der Waals surface area contributed by atoms with Gasteiger partial charge < -0.3 is 24.0 Å². The van der Waals surface area contributed by atoms with E-state index in [1.807, 2.05) is 41.3 Å². The van der Waals surface area contributed by atoms with Crippen molar-refractivity contribution in [2.75, 3.05) is 37.7 Å². The number of hydrogen-bond acceptors (Lipinski definition) is 5. The molecule has 2 aromatic rings. The van der Waals surface area contributed by atoms with E-state index >= 15 is 0 Å². The number of likely N-dealkylation sites (tertiary alicyclic amines) is 1. The van der Waals surface area contributed by atoms with Crippen LogP contribution in [-0.2, 0) is 9.59 Å². The van der Waals surface area contributed by atoms with Gasteiger partial charge in [-0.1, -0.05) is 18.2 Å². The largest absolute Gasteiger partial charge is 0.490 e. The molecule has 7 nitrogen and oxygen atoms in total. The molecule has 0 radical (unpaired) electrons. The minimum absolute atomic E-state index is 0.0473. The molecule has 2 aromatic carbocycles. The second-order valence-electron chi connectivity index (χ2n) is 8.50. The second kappa shape index (κ2) is 9.57. The minimum Gasteiger partial charge on any atom is -0.490 e. The van der Waals surface area contributed by atoms with Gasteiger partial charge in [-0.25, -0.2) is 0 Å². The van der Waals surface area contributed by atoms with Crippen molar-refractivity contribution >= 4 is 23.6 Å². The Kier molecular flexibility index (Phi) is 6.19. The van der Waals surface area contributed by atoms with E-state index < -0.39 is 6.10 Å². The Morgan fingerprint density at radius 3 is 2.52 bits per heavy atom. The van der Waals surface area contributed by atoms with E-state index in [-0.39, 0.29) is 18.4 Å². The Balaban J connectivity index is 1.35. The van der Waals surface area contributed by atoms with Crippen molar-refractivity contribution in [2.24, 2.45) is 0 Å². The van der Waals surface area contributed by atoms with Gasteiger partial charge >= 0.3 is 0 Å². The maximum Gasteiger partial charge on any atom is 0.265 e. The first kappa shape index (κ1) is 21.4. The molecule has 3 heterocycles.